The third-order valence-electron chi connectivity index (χ3n) is 1.56. The van der Waals surface area contributed by atoms with Crippen molar-refractivity contribution in [3.05, 3.63) is 12.2 Å². The minimum absolute atomic E-state index is 0.287. The summed E-state index contributed by atoms with van der Waals surface area (Å²) in [6.07, 6.45) is 6.94. The molecule has 0 fully saturated rings. The molecule has 0 aromatic rings. The molecule has 0 aliphatic heterocycles. The number of hydrogen-bond donors (Lipinski definition) is 1. The zero-order valence-electron chi connectivity index (χ0n) is 8.08. The van der Waals surface area contributed by atoms with Crippen LogP contribution in [0, 0.1) is 0 Å². The van der Waals surface area contributed by atoms with E-state index in [2.05, 4.69) is 4.99 Å². The lowest BCUT2D eigenvalue weighted by Crippen LogP contribution is -1.95. The molecule has 0 spiro atoms. The van der Waals surface area contributed by atoms with Gasteiger partial charge in [0.25, 0.3) is 0 Å². The first kappa shape index (κ1) is 11.4. The van der Waals surface area contributed by atoms with Crippen LogP contribution >= 0.6 is 0 Å². The predicted octanol–water partition coefficient (Wildman–Crippen LogP) is 2.19. The van der Waals surface area contributed by atoms with E-state index in [1.807, 2.05) is 26.0 Å². The molecule has 1 N–H and O–H groups in total. The molecular weight excluding hydrogens is 150 g/mol. The molecule has 2 heteroatoms. The van der Waals surface area contributed by atoms with Crippen LogP contribution in [0.15, 0.2) is 17.1 Å². The van der Waals surface area contributed by atoms with E-state index in [4.69, 9.17) is 5.11 Å². The molecule has 2 nitrogen and oxygen atoms in total. The van der Waals surface area contributed by atoms with Gasteiger partial charge >= 0.3 is 0 Å². The highest BCUT2D eigenvalue weighted by atomic mass is 16.2. The maximum atomic E-state index is 8.58. The molecule has 0 amide bonds. The Morgan fingerprint density at radius 1 is 1.42 bits per heavy atom. The Morgan fingerprint density at radius 3 is 2.67 bits per heavy atom. The van der Waals surface area contributed by atoms with Crippen LogP contribution in [0.4, 0.5) is 0 Å². The lowest BCUT2D eigenvalue weighted by molar-refractivity contribution is 0.285. The molecule has 0 radical (unpaired) electrons. The van der Waals surface area contributed by atoms with Crippen molar-refractivity contribution in [3.63, 3.8) is 0 Å². The third-order valence-corrected chi connectivity index (χ3v) is 1.56. The molecule has 0 unspecified atom stereocenters. The van der Waals surface area contributed by atoms with Gasteiger partial charge in [0.15, 0.2) is 0 Å². The summed E-state index contributed by atoms with van der Waals surface area (Å²) in [5, 5.41) is 8.58. The highest BCUT2D eigenvalue weighted by molar-refractivity contribution is 5.94. The van der Waals surface area contributed by atoms with Gasteiger partial charge in [-0.3, -0.25) is 4.99 Å². The second-order valence-electron chi connectivity index (χ2n) is 2.65. The van der Waals surface area contributed by atoms with E-state index in [0.717, 1.165) is 31.5 Å². The van der Waals surface area contributed by atoms with Crippen molar-refractivity contribution in [2.75, 3.05) is 13.2 Å². The molecule has 0 aromatic heterocycles. The van der Waals surface area contributed by atoms with E-state index in [1.165, 1.54) is 0 Å². The lowest BCUT2D eigenvalue weighted by atomic mass is 10.1. The number of aliphatic hydroxyl groups excluding tert-OH is 1. The number of aliphatic hydroxyl groups is 1. The first-order chi connectivity index (χ1) is 5.85. The normalized spacial score (nSPS) is 12.8. The highest BCUT2D eigenvalue weighted by Gasteiger charge is 1.92. The summed E-state index contributed by atoms with van der Waals surface area (Å²) >= 11 is 0. The van der Waals surface area contributed by atoms with Crippen molar-refractivity contribution in [2.45, 2.75) is 33.1 Å². The van der Waals surface area contributed by atoms with E-state index < -0.39 is 0 Å². The zero-order valence-corrected chi connectivity index (χ0v) is 8.08. The Kier molecular flexibility index (Phi) is 8.02. The molecule has 70 valence electrons. The summed E-state index contributed by atoms with van der Waals surface area (Å²) < 4.78 is 0. The largest absolute Gasteiger partial charge is 0.396 e. The van der Waals surface area contributed by atoms with Crippen molar-refractivity contribution in [3.8, 4) is 0 Å². The van der Waals surface area contributed by atoms with Gasteiger partial charge < -0.3 is 5.11 Å². The summed E-state index contributed by atoms with van der Waals surface area (Å²) in [4.78, 5) is 4.33. The predicted molar refractivity (Wildman–Crippen MR) is 53.7 cm³/mol. The Bertz CT molecular complexity index is 150. The molecule has 0 aliphatic rings. The zero-order chi connectivity index (χ0) is 9.23. The summed E-state index contributed by atoms with van der Waals surface area (Å²) in [6, 6.07) is 0. The van der Waals surface area contributed by atoms with E-state index in [0.29, 0.717) is 0 Å². The quantitative estimate of drug-likeness (QED) is 0.480. The van der Waals surface area contributed by atoms with E-state index in [9.17, 15) is 0 Å². The molecule has 0 heterocycles. The molecule has 0 saturated heterocycles. The first-order valence-corrected chi connectivity index (χ1v) is 4.62. The first-order valence-electron chi connectivity index (χ1n) is 4.62. The van der Waals surface area contributed by atoms with Crippen LogP contribution in [0.1, 0.15) is 33.1 Å². The molecule has 0 bridgehead atoms. The minimum atomic E-state index is 0.287. The fraction of sp³-hybridized carbons (Fsp3) is 0.700. The van der Waals surface area contributed by atoms with Gasteiger partial charge in [-0.05, 0) is 39.2 Å². The Morgan fingerprint density at radius 2 is 2.17 bits per heavy atom. The van der Waals surface area contributed by atoms with Gasteiger partial charge in [0.05, 0.1) is 0 Å². The number of unbranched alkanes of at least 4 members (excludes halogenated alkanes) is 1. The Hall–Kier alpha value is -0.630. The van der Waals surface area contributed by atoms with Gasteiger partial charge in [-0.1, -0.05) is 6.08 Å². The summed E-state index contributed by atoms with van der Waals surface area (Å²) in [7, 11) is 0. The van der Waals surface area contributed by atoms with Crippen molar-refractivity contribution >= 4 is 5.71 Å². The fourth-order valence-corrected chi connectivity index (χ4v) is 1.03. The fourth-order valence-electron chi connectivity index (χ4n) is 1.03. The Labute approximate surface area is 75.0 Å². The molecular formula is C10H19NO. The Balaban J connectivity index is 3.72. The summed E-state index contributed by atoms with van der Waals surface area (Å²) in [6.45, 7) is 5.17. The third kappa shape index (κ3) is 6.10. The van der Waals surface area contributed by atoms with Crippen LogP contribution in [-0.2, 0) is 0 Å². The highest BCUT2D eigenvalue weighted by Crippen LogP contribution is 1.99. The molecule has 0 saturated carbocycles. The smallest absolute Gasteiger partial charge is 0.0431 e. The maximum absolute atomic E-state index is 8.58. The molecule has 12 heavy (non-hydrogen) atoms. The summed E-state index contributed by atoms with van der Waals surface area (Å²) in [5.74, 6) is 0. The van der Waals surface area contributed by atoms with E-state index in [-0.39, 0.29) is 6.61 Å². The average molecular weight is 169 g/mol. The molecule has 0 rings (SSSR count). The van der Waals surface area contributed by atoms with Gasteiger partial charge in [0, 0.05) is 18.9 Å². The standard InChI is InChI=1S/C10H19NO/c1-3-7-10(11-4-2)8-5-6-9-12/h3,7,12H,4-6,8-9H2,1-2H3/b7-3+,11-10-. The van der Waals surface area contributed by atoms with Crippen LogP contribution in [0.2, 0.25) is 0 Å². The van der Waals surface area contributed by atoms with Gasteiger partial charge in [0.1, 0.15) is 0 Å². The van der Waals surface area contributed by atoms with Crippen LogP contribution < -0.4 is 0 Å². The molecule has 0 aliphatic carbocycles. The van der Waals surface area contributed by atoms with Gasteiger partial charge in [0.2, 0.25) is 0 Å². The molecule has 0 aromatic carbocycles. The monoisotopic (exact) mass is 169 g/mol. The lowest BCUT2D eigenvalue weighted by Gasteiger charge is -1.99. The van der Waals surface area contributed by atoms with Gasteiger partial charge in [-0.2, -0.15) is 0 Å². The van der Waals surface area contributed by atoms with Crippen LogP contribution in [0.5, 0.6) is 0 Å². The second kappa shape index (κ2) is 8.47. The van der Waals surface area contributed by atoms with Crippen molar-refractivity contribution in [1.82, 2.24) is 0 Å². The number of nitrogens with zero attached hydrogens (tertiary/aromatic N) is 1. The van der Waals surface area contributed by atoms with Gasteiger partial charge in [-0.15, -0.1) is 0 Å². The topological polar surface area (TPSA) is 32.6 Å². The molecule has 0 atom stereocenters. The van der Waals surface area contributed by atoms with Crippen LogP contribution in [-0.4, -0.2) is 24.0 Å². The van der Waals surface area contributed by atoms with Gasteiger partial charge in [-0.25, -0.2) is 0 Å². The number of rotatable bonds is 6. The summed E-state index contributed by atoms with van der Waals surface area (Å²) in [5.41, 5.74) is 1.15. The second-order valence-corrected chi connectivity index (χ2v) is 2.65. The number of aliphatic imine (C=N–C) groups is 1. The minimum Gasteiger partial charge on any atom is -0.396 e. The average Bonchev–Trinajstić information content (AvgIpc) is 2.06. The maximum Gasteiger partial charge on any atom is 0.0431 e. The van der Waals surface area contributed by atoms with E-state index in [1.54, 1.807) is 0 Å². The number of allylic oxidation sites excluding steroid dienone is 2. The van der Waals surface area contributed by atoms with Crippen molar-refractivity contribution in [1.29, 1.82) is 0 Å². The van der Waals surface area contributed by atoms with Crippen LogP contribution in [0.3, 0.4) is 0 Å². The number of hydrogen-bond acceptors (Lipinski definition) is 2. The van der Waals surface area contributed by atoms with Crippen LogP contribution in [0.25, 0.3) is 0 Å². The SMILES string of the molecule is C/C=C/C(CCCCO)=N/CC. The van der Waals surface area contributed by atoms with Crippen molar-refractivity contribution in [2.24, 2.45) is 4.99 Å². The van der Waals surface area contributed by atoms with Crippen molar-refractivity contribution < 1.29 is 5.11 Å². The van der Waals surface area contributed by atoms with E-state index >= 15 is 0 Å².